The molecule has 0 aliphatic heterocycles. The van der Waals surface area contributed by atoms with Crippen molar-refractivity contribution in [2.75, 3.05) is 5.32 Å². The smallest absolute Gasteiger partial charge is 0.347 e. The molecule has 3 rings (SSSR count). The van der Waals surface area contributed by atoms with Crippen LogP contribution in [-0.2, 0) is 0 Å². The first-order valence-electron chi connectivity index (χ1n) is 5.68. The van der Waals surface area contributed by atoms with E-state index in [4.69, 9.17) is 5.11 Å². The molecule has 2 bridgehead atoms. The topological polar surface area (TPSA) is 62.2 Å². The predicted octanol–water partition coefficient (Wildman–Crippen LogP) is 2.44. The van der Waals surface area contributed by atoms with Crippen LogP contribution < -0.4 is 5.32 Å². The third-order valence-electron chi connectivity index (χ3n) is 3.76. The highest BCUT2D eigenvalue weighted by molar-refractivity contribution is 7.17. The second-order valence-electron chi connectivity index (χ2n) is 4.76. The summed E-state index contributed by atoms with van der Waals surface area (Å²) in [7, 11) is 0. The zero-order valence-corrected chi connectivity index (χ0v) is 9.67. The maximum atomic E-state index is 10.7. The lowest BCUT2D eigenvalue weighted by Gasteiger charge is -2.22. The Bertz CT molecular complexity index is 418. The van der Waals surface area contributed by atoms with E-state index in [2.05, 4.69) is 10.3 Å². The van der Waals surface area contributed by atoms with Crippen LogP contribution >= 0.6 is 11.3 Å². The molecular formula is C11H14N2O2S. The molecule has 2 N–H and O–H groups in total. The molecule has 0 amide bonds. The zero-order chi connectivity index (χ0) is 11.1. The predicted molar refractivity (Wildman–Crippen MR) is 61.9 cm³/mol. The number of fused-ring (bicyclic) bond motifs is 2. The lowest BCUT2D eigenvalue weighted by molar-refractivity contribution is 0.0702. The lowest BCUT2D eigenvalue weighted by atomic mass is 9.96. The number of nitrogens with zero attached hydrogens (tertiary/aromatic N) is 1. The van der Waals surface area contributed by atoms with Crippen molar-refractivity contribution in [1.82, 2.24) is 4.98 Å². The molecule has 86 valence electrons. The molecule has 3 unspecified atom stereocenters. The van der Waals surface area contributed by atoms with Crippen LogP contribution in [0.15, 0.2) is 6.20 Å². The van der Waals surface area contributed by atoms with Crippen LogP contribution in [0.4, 0.5) is 5.13 Å². The van der Waals surface area contributed by atoms with Gasteiger partial charge in [-0.25, -0.2) is 9.78 Å². The molecule has 4 nitrogen and oxygen atoms in total. The van der Waals surface area contributed by atoms with Gasteiger partial charge in [-0.2, -0.15) is 0 Å². The van der Waals surface area contributed by atoms with Crippen LogP contribution in [0.3, 0.4) is 0 Å². The third-order valence-corrected chi connectivity index (χ3v) is 4.68. The molecule has 1 aromatic rings. The quantitative estimate of drug-likeness (QED) is 0.849. The summed E-state index contributed by atoms with van der Waals surface area (Å²) in [6, 6.07) is 0.520. The summed E-state index contributed by atoms with van der Waals surface area (Å²) in [5.41, 5.74) is 0. The van der Waals surface area contributed by atoms with E-state index >= 15 is 0 Å². The summed E-state index contributed by atoms with van der Waals surface area (Å²) in [6.45, 7) is 0. The Kier molecular flexibility index (Phi) is 2.35. The summed E-state index contributed by atoms with van der Waals surface area (Å²) in [5, 5.41) is 13.0. The Balaban J connectivity index is 1.68. The highest BCUT2D eigenvalue weighted by Crippen LogP contribution is 2.45. The minimum atomic E-state index is -0.890. The van der Waals surface area contributed by atoms with E-state index < -0.39 is 5.97 Å². The van der Waals surface area contributed by atoms with E-state index in [1.807, 2.05) is 0 Å². The standard InChI is InChI=1S/C11H14N2O2S/c14-10(15)9-5-12-11(16-9)13-8-4-6-1-2-7(8)3-6/h5-8H,1-4H2,(H,12,13)(H,14,15). The molecule has 2 fully saturated rings. The maximum Gasteiger partial charge on any atom is 0.347 e. The molecule has 1 heterocycles. The van der Waals surface area contributed by atoms with Crippen molar-refractivity contribution in [2.24, 2.45) is 11.8 Å². The van der Waals surface area contributed by atoms with Gasteiger partial charge in [0, 0.05) is 6.04 Å². The highest BCUT2D eigenvalue weighted by Gasteiger charge is 2.39. The summed E-state index contributed by atoms with van der Waals surface area (Å²) in [5.74, 6) is 0.780. The Morgan fingerprint density at radius 1 is 1.50 bits per heavy atom. The van der Waals surface area contributed by atoms with Crippen LogP contribution in [0.2, 0.25) is 0 Å². The fourth-order valence-electron chi connectivity index (χ4n) is 3.02. The molecule has 2 saturated carbocycles. The molecule has 2 aliphatic rings. The molecule has 0 saturated heterocycles. The van der Waals surface area contributed by atoms with Crippen LogP contribution in [0, 0.1) is 11.8 Å². The first kappa shape index (κ1) is 10.1. The van der Waals surface area contributed by atoms with E-state index in [1.165, 1.54) is 43.2 Å². The Morgan fingerprint density at radius 2 is 2.38 bits per heavy atom. The van der Waals surface area contributed by atoms with Gasteiger partial charge < -0.3 is 10.4 Å². The number of carboxylic acids is 1. The Morgan fingerprint density at radius 3 is 2.94 bits per heavy atom. The first-order valence-corrected chi connectivity index (χ1v) is 6.49. The summed E-state index contributed by atoms with van der Waals surface area (Å²) >= 11 is 1.23. The average molecular weight is 238 g/mol. The van der Waals surface area contributed by atoms with Crippen LogP contribution in [0.25, 0.3) is 0 Å². The van der Waals surface area contributed by atoms with Gasteiger partial charge in [0.05, 0.1) is 6.20 Å². The van der Waals surface area contributed by atoms with Gasteiger partial charge in [-0.15, -0.1) is 0 Å². The summed E-state index contributed by atoms with van der Waals surface area (Å²) in [4.78, 5) is 15.1. The number of hydrogen-bond acceptors (Lipinski definition) is 4. The molecule has 1 aromatic heterocycles. The zero-order valence-electron chi connectivity index (χ0n) is 8.85. The summed E-state index contributed by atoms with van der Waals surface area (Å²) in [6.07, 6.45) is 6.70. The third kappa shape index (κ3) is 1.69. The Hall–Kier alpha value is -1.10. The van der Waals surface area contributed by atoms with E-state index in [9.17, 15) is 4.79 Å². The number of hydrogen-bond donors (Lipinski definition) is 2. The molecular weight excluding hydrogens is 224 g/mol. The molecule has 3 atom stereocenters. The van der Waals surface area contributed by atoms with Crippen molar-refractivity contribution in [3.8, 4) is 0 Å². The van der Waals surface area contributed by atoms with Crippen LogP contribution in [-0.4, -0.2) is 22.1 Å². The monoisotopic (exact) mass is 238 g/mol. The lowest BCUT2D eigenvalue weighted by Crippen LogP contribution is -2.25. The normalized spacial score (nSPS) is 31.9. The molecule has 0 spiro atoms. The fraction of sp³-hybridized carbons (Fsp3) is 0.636. The number of aromatic nitrogens is 1. The number of carboxylic acid groups (broad SMARTS) is 1. The van der Waals surface area contributed by atoms with Gasteiger partial charge in [0.2, 0.25) is 0 Å². The molecule has 16 heavy (non-hydrogen) atoms. The van der Waals surface area contributed by atoms with Crippen LogP contribution in [0.5, 0.6) is 0 Å². The number of aromatic carboxylic acids is 1. The van der Waals surface area contributed by atoms with Crippen molar-refractivity contribution in [1.29, 1.82) is 0 Å². The summed E-state index contributed by atoms with van der Waals surface area (Å²) < 4.78 is 0. The second-order valence-corrected chi connectivity index (χ2v) is 5.79. The Labute approximate surface area is 97.7 Å². The number of carbonyl (C=O) groups is 1. The highest BCUT2D eigenvalue weighted by atomic mass is 32.1. The van der Waals surface area contributed by atoms with Gasteiger partial charge >= 0.3 is 5.97 Å². The molecule has 2 aliphatic carbocycles. The van der Waals surface area contributed by atoms with E-state index in [0.717, 1.165) is 17.0 Å². The molecule has 0 aromatic carbocycles. The van der Waals surface area contributed by atoms with Gasteiger partial charge in [-0.05, 0) is 31.1 Å². The average Bonchev–Trinajstić information content (AvgIpc) is 2.91. The van der Waals surface area contributed by atoms with Crippen LogP contribution in [0.1, 0.15) is 35.4 Å². The largest absolute Gasteiger partial charge is 0.477 e. The van der Waals surface area contributed by atoms with E-state index in [0.29, 0.717) is 10.9 Å². The van der Waals surface area contributed by atoms with Crippen molar-refractivity contribution in [3.05, 3.63) is 11.1 Å². The molecule has 0 radical (unpaired) electrons. The van der Waals surface area contributed by atoms with Crippen molar-refractivity contribution in [3.63, 3.8) is 0 Å². The van der Waals surface area contributed by atoms with Gasteiger partial charge in [-0.1, -0.05) is 17.8 Å². The van der Waals surface area contributed by atoms with Crippen molar-refractivity contribution < 1.29 is 9.90 Å². The fourth-order valence-corrected chi connectivity index (χ4v) is 3.74. The SMILES string of the molecule is O=C(O)c1cnc(NC2CC3CCC2C3)s1. The second kappa shape index (κ2) is 3.73. The van der Waals surface area contributed by atoms with Gasteiger partial charge in [-0.3, -0.25) is 0 Å². The van der Waals surface area contributed by atoms with Gasteiger partial charge in [0.15, 0.2) is 5.13 Å². The molecule has 5 heteroatoms. The minimum absolute atomic E-state index is 0.311. The minimum Gasteiger partial charge on any atom is -0.477 e. The maximum absolute atomic E-state index is 10.7. The number of thiazole rings is 1. The van der Waals surface area contributed by atoms with Gasteiger partial charge in [0.25, 0.3) is 0 Å². The number of nitrogens with one attached hydrogen (secondary N) is 1. The van der Waals surface area contributed by atoms with Crippen molar-refractivity contribution in [2.45, 2.75) is 31.7 Å². The number of rotatable bonds is 3. The van der Waals surface area contributed by atoms with Gasteiger partial charge in [0.1, 0.15) is 4.88 Å². The first-order chi connectivity index (χ1) is 7.72. The van der Waals surface area contributed by atoms with E-state index in [1.54, 1.807) is 0 Å². The van der Waals surface area contributed by atoms with Crippen molar-refractivity contribution >= 4 is 22.4 Å². The van der Waals surface area contributed by atoms with E-state index in [-0.39, 0.29) is 0 Å². The number of anilines is 1.